The molecule has 0 spiro atoms. The number of alkyl halides is 3. The van der Waals surface area contributed by atoms with E-state index in [0.29, 0.717) is 17.3 Å². The van der Waals surface area contributed by atoms with Gasteiger partial charge in [-0.15, -0.1) is 0 Å². The van der Waals surface area contributed by atoms with Gasteiger partial charge in [0.2, 0.25) is 0 Å². The number of fused-ring (bicyclic) bond motifs is 2. The number of hydrogen-bond acceptors (Lipinski definition) is 2. The highest BCUT2D eigenvalue weighted by atomic mass is 79.9. The van der Waals surface area contributed by atoms with Gasteiger partial charge in [-0.05, 0) is 64.0 Å². The van der Waals surface area contributed by atoms with E-state index in [1.54, 1.807) is 6.92 Å². The molecular weight excluding hydrogens is 424 g/mol. The summed E-state index contributed by atoms with van der Waals surface area (Å²) >= 11 is 3.17. The van der Waals surface area contributed by atoms with Gasteiger partial charge in [-0.3, -0.25) is 9.88 Å². The smallest absolute Gasteiger partial charge is 0.280 e. The minimum Gasteiger partial charge on any atom is -0.280 e. The molecular formula is C20H17BrF4N2. The first-order valence-electron chi connectivity index (χ1n) is 8.68. The lowest BCUT2D eigenvalue weighted by atomic mass is 9.86. The molecule has 2 aliphatic rings. The van der Waals surface area contributed by atoms with Gasteiger partial charge in [0.1, 0.15) is 5.82 Å². The van der Waals surface area contributed by atoms with E-state index >= 15 is 0 Å². The summed E-state index contributed by atoms with van der Waals surface area (Å²) in [5.41, 5.74) is 4.05. The van der Waals surface area contributed by atoms with Crippen LogP contribution in [0.3, 0.4) is 0 Å². The summed E-state index contributed by atoms with van der Waals surface area (Å²) in [6, 6.07) is 7.87. The van der Waals surface area contributed by atoms with Gasteiger partial charge in [-0.25, -0.2) is 4.39 Å². The molecule has 0 bridgehead atoms. The molecule has 7 heteroatoms. The molecule has 2 nitrogen and oxygen atoms in total. The number of rotatable bonds is 2. The Morgan fingerprint density at radius 3 is 2.70 bits per heavy atom. The lowest BCUT2D eigenvalue weighted by Gasteiger charge is -2.42. The fourth-order valence-electron chi connectivity index (χ4n) is 4.23. The molecule has 1 aliphatic heterocycles. The van der Waals surface area contributed by atoms with Crippen LogP contribution in [0, 0.1) is 5.82 Å². The minimum absolute atomic E-state index is 0.0503. The van der Waals surface area contributed by atoms with E-state index in [4.69, 9.17) is 0 Å². The van der Waals surface area contributed by atoms with Crippen LogP contribution in [-0.4, -0.2) is 28.6 Å². The summed E-state index contributed by atoms with van der Waals surface area (Å²) < 4.78 is 55.1. The lowest BCUT2D eigenvalue weighted by molar-refractivity contribution is -0.155. The van der Waals surface area contributed by atoms with Crippen molar-refractivity contribution >= 4 is 21.5 Å². The van der Waals surface area contributed by atoms with E-state index in [2.05, 4.69) is 20.9 Å². The summed E-state index contributed by atoms with van der Waals surface area (Å²) in [4.78, 5) is 5.51. The SMILES string of the molecule is C[C@@H]1CC2=C(Cc3ccccc32)[C@@H](c2ncc(Br)cc2F)N1CC(F)(F)F. The number of benzene rings is 1. The standard InChI is InChI=1S/C20H17BrF4N2/c1-11-6-15-14-5-3-2-4-12(14)7-16(15)19(27(11)10-20(23,24)25)18-17(22)8-13(21)9-26-18/h2-5,8-9,11,19H,6-7,10H2,1H3/t11-,19+/m1/s1. The molecule has 142 valence electrons. The monoisotopic (exact) mass is 440 g/mol. The van der Waals surface area contributed by atoms with Gasteiger partial charge < -0.3 is 0 Å². The van der Waals surface area contributed by atoms with Crippen LogP contribution in [0.2, 0.25) is 0 Å². The predicted molar refractivity (Wildman–Crippen MR) is 98.5 cm³/mol. The van der Waals surface area contributed by atoms with Crippen molar-refractivity contribution in [2.75, 3.05) is 6.54 Å². The molecule has 0 saturated carbocycles. The highest BCUT2D eigenvalue weighted by Gasteiger charge is 2.44. The molecule has 4 rings (SSSR count). The largest absolute Gasteiger partial charge is 0.401 e. The predicted octanol–water partition coefficient (Wildman–Crippen LogP) is 5.69. The Bertz CT molecular complexity index is 922. The van der Waals surface area contributed by atoms with Crippen molar-refractivity contribution in [2.45, 2.75) is 38.0 Å². The number of hydrogen-bond donors (Lipinski definition) is 0. The van der Waals surface area contributed by atoms with Crippen LogP contribution in [0.1, 0.15) is 36.2 Å². The Labute approximate surface area is 163 Å². The topological polar surface area (TPSA) is 16.1 Å². The zero-order valence-electron chi connectivity index (χ0n) is 14.5. The first-order chi connectivity index (χ1) is 12.7. The molecule has 2 atom stereocenters. The molecule has 1 aromatic carbocycles. The van der Waals surface area contributed by atoms with Crippen LogP contribution in [0.25, 0.3) is 5.57 Å². The second-order valence-electron chi connectivity index (χ2n) is 7.10. The summed E-state index contributed by atoms with van der Waals surface area (Å²) in [6.07, 6.45) is -1.90. The molecule has 1 aromatic heterocycles. The maximum Gasteiger partial charge on any atom is 0.401 e. The Morgan fingerprint density at radius 1 is 1.26 bits per heavy atom. The normalized spacial score (nSPS) is 22.7. The molecule has 0 saturated heterocycles. The summed E-state index contributed by atoms with van der Waals surface area (Å²) in [5, 5.41) is 0. The van der Waals surface area contributed by atoms with E-state index in [1.807, 2.05) is 24.3 Å². The molecule has 0 fully saturated rings. The summed E-state index contributed by atoms with van der Waals surface area (Å²) in [5.74, 6) is -0.599. The average molecular weight is 441 g/mol. The number of halogens is 5. The number of nitrogens with zero attached hydrogens (tertiary/aromatic N) is 2. The van der Waals surface area contributed by atoms with Gasteiger partial charge in [0.15, 0.2) is 0 Å². The zero-order chi connectivity index (χ0) is 19.3. The second-order valence-corrected chi connectivity index (χ2v) is 8.02. The Hall–Kier alpha value is -1.73. The third kappa shape index (κ3) is 3.43. The van der Waals surface area contributed by atoms with E-state index in [0.717, 1.165) is 22.3 Å². The van der Waals surface area contributed by atoms with Crippen molar-refractivity contribution in [1.82, 2.24) is 9.88 Å². The molecule has 0 N–H and O–H groups in total. The van der Waals surface area contributed by atoms with Crippen LogP contribution in [-0.2, 0) is 6.42 Å². The van der Waals surface area contributed by atoms with Crippen LogP contribution < -0.4 is 0 Å². The molecule has 2 aromatic rings. The van der Waals surface area contributed by atoms with Crippen LogP contribution in [0.5, 0.6) is 0 Å². The van der Waals surface area contributed by atoms with Crippen LogP contribution >= 0.6 is 15.9 Å². The minimum atomic E-state index is -4.37. The van der Waals surface area contributed by atoms with E-state index in [1.165, 1.54) is 17.2 Å². The average Bonchev–Trinajstić information content (AvgIpc) is 2.93. The maximum absolute atomic E-state index is 14.7. The fraction of sp³-hybridized carbons (Fsp3) is 0.350. The van der Waals surface area contributed by atoms with Crippen LogP contribution in [0.4, 0.5) is 17.6 Å². The quantitative estimate of drug-likeness (QED) is 0.557. The van der Waals surface area contributed by atoms with E-state index < -0.39 is 24.6 Å². The first kappa shape index (κ1) is 18.6. The van der Waals surface area contributed by atoms with Crippen molar-refractivity contribution in [2.24, 2.45) is 0 Å². The van der Waals surface area contributed by atoms with Gasteiger partial charge in [0.05, 0.1) is 18.3 Å². The Morgan fingerprint density at radius 2 is 2.00 bits per heavy atom. The van der Waals surface area contributed by atoms with E-state index in [-0.39, 0.29) is 11.7 Å². The lowest BCUT2D eigenvalue weighted by Crippen LogP contribution is -2.46. The van der Waals surface area contributed by atoms with Crippen molar-refractivity contribution in [3.63, 3.8) is 0 Å². The third-order valence-corrected chi connectivity index (χ3v) is 5.73. The number of aromatic nitrogens is 1. The first-order valence-corrected chi connectivity index (χ1v) is 9.47. The van der Waals surface area contributed by atoms with Crippen molar-refractivity contribution in [3.05, 3.63) is 69.2 Å². The molecule has 2 heterocycles. The highest BCUT2D eigenvalue weighted by molar-refractivity contribution is 9.10. The van der Waals surface area contributed by atoms with Gasteiger partial charge in [-0.1, -0.05) is 24.3 Å². The van der Waals surface area contributed by atoms with Gasteiger partial charge >= 0.3 is 6.18 Å². The molecule has 0 amide bonds. The third-order valence-electron chi connectivity index (χ3n) is 5.30. The summed E-state index contributed by atoms with van der Waals surface area (Å²) in [7, 11) is 0. The Balaban J connectivity index is 1.86. The van der Waals surface area contributed by atoms with Crippen molar-refractivity contribution in [1.29, 1.82) is 0 Å². The van der Waals surface area contributed by atoms with Gasteiger partial charge in [-0.2, -0.15) is 13.2 Å². The second kappa shape index (κ2) is 6.71. The molecule has 27 heavy (non-hydrogen) atoms. The molecule has 0 unspecified atom stereocenters. The number of pyridine rings is 1. The molecule has 0 radical (unpaired) electrons. The fourth-order valence-corrected chi connectivity index (χ4v) is 4.53. The van der Waals surface area contributed by atoms with Crippen molar-refractivity contribution < 1.29 is 17.6 Å². The zero-order valence-corrected chi connectivity index (χ0v) is 16.1. The van der Waals surface area contributed by atoms with E-state index in [9.17, 15) is 17.6 Å². The van der Waals surface area contributed by atoms with Crippen molar-refractivity contribution in [3.8, 4) is 0 Å². The Kier molecular flexibility index (Phi) is 4.63. The highest BCUT2D eigenvalue weighted by Crippen LogP contribution is 2.49. The van der Waals surface area contributed by atoms with Gasteiger partial charge in [0, 0.05) is 16.7 Å². The maximum atomic E-state index is 14.7. The van der Waals surface area contributed by atoms with Gasteiger partial charge in [0.25, 0.3) is 0 Å². The molecule has 1 aliphatic carbocycles. The summed E-state index contributed by atoms with van der Waals surface area (Å²) in [6.45, 7) is 0.670. The van der Waals surface area contributed by atoms with Crippen LogP contribution in [0.15, 0.2) is 46.6 Å².